The third-order valence-corrected chi connectivity index (χ3v) is 9.47. The highest BCUT2D eigenvalue weighted by atomic mass is 35.5. The van der Waals surface area contributed by atoms with Crippen molar-refractivity contribution in [3.8, 4) is 17.5 Å². The number of thioether (sulfide) groups is 1. The molecule has 1 aliphatic rings. The summed E-state index contributed by atoms with van der Waals surface area (Å²) in [5, 5.41) is 23.4. The summed E-state index contributed by atoms with van der Waals surface area (Å²) in [6.45, 7) is 9.59. The lowest BCUT2D eigenvalue weighted by Crippen LogP contribution is -2.28. The predicted molar refractivity (Wildman–Crippen MR) is 144 cm³/mol. The maximum absolute atomic E-state index is 12.8. The lowest BCUT2D eigenvalue weighted by molar-refractivity contribution is -0.113. The normalized spacial score (nSPS) is 15.5. The molecule has 0 saturated carbocycles. The van der Waals surface area contributed by atoms with Crippen LogP contribution in [0.4, 0.5) is 5.00 Å². The number of rotatable bonds is 8. The fourth-order valence-corrected chi connectivity index (χ4v) is 6.85. The van der Waals surface area contributed by atoms with Crippen LogP contribution in [-0.2, 0) is 24.2 Å². The van der Waals surface area contributed by atoms with Crippen molar-refractivity contribution in [2.75, 3.05) is 11.1 Å². The molecule has 0 bridgehead atoms. The zero-order chi connectivity index (χ0) is 25.2. The van der Waals surface area contributed by atoms with Crippen molar-refractivity contribution in [3.63, 3.8) is 0 Å². The summed E-state index contributed by atoms with van der Waals surface area (Å²) in [6.07, 6.45) is 4.10. The molecular formula is C26H30ClN5OS2. The molecule has 0 unspecified atom stereocenters. The Hall–Kier alpha value is -2.34. The first-order chi connectivity index (χ1) is 16.8. The van der Waals surface area contributed by atoms with Crippen LogP contribution in [0.5, 0.6) is 0 Å². The monoisotopic (exact) mass is 527 g/mol. The number of nitriles is 1. The van der Waals surface area contributed by atoms with Gasteiger partial charge in [0.15, 0.2) is 11.0 Å². The molecule has 4 rings (SSSR count). The number of aromatic nitrogens is 3. The first-order valence-corrected chi connectivity index (χ1v) is 14.1. The van der Waals surface area contributed by atoms with Crippen molar-refractivity contribution in [3.05, 3.63) is 45.3 Å². The van der Waals surface area contributed by atoms with Crippen molar-refractivity contribution in [2.24, 2.45) is 11.3 Å². The molecule has 1 aromatic carbocycles. The third kappa shape index (κ3) is 5.42. The van der Waals surface area contributed by atoms with Crippen LogP contribution >= 0.6 is 34.7 Å². The zero-order valence-corrected chi connectivity index (χ0v) is 22.9. The molecule has 0 aliphatic heterocycles. The van der Waals surface area contributed by atoms with Crippen LogP contribution in [0.3, 0.4) is 0 Å². The molecule has 2 aromatic heterocycles. The molecular weight excluding hydrogens is 498 g/mol. The number of fused-ring (bicyclic) bond motifs is 1. The fraction of sp³-hybridized carbons (Fsp3) is 0.462. The van der Waals surface area contributed by atoms with Crippen LogP contribution in [-0.4, -0.2) is 26.4 Å². The Labute approximate surface area is 220 Å². The predicted octanol–water partition coefficient (Wildman–Crippen LogP) is 6.82. The van der Waals surface area contributed by atoms with Crippen molar-refractivity contribution in [2.45, 2.75) is 65.1 Å². The minimum Gasteiger partial charge on any atom is -0.316 e. The van der Waals surface area contributed by atoms with Gasteiger partial charge < -0.3 is 9.88 Å². The topological polar surface area (TPSA) is 83.6 Å². The Kier molecular flexibility index (Phi) is 7.89. The summed E-state index contributed by atoms with van der Waals surface area (Å²) in [6, 6.07) is 9.84. The van der Waals surface area contributed by atoms with E-state index in [1.165, 1.54) is 16.6 Å². The molecule has 0 radical (unpaired) electrons. The Morgan fingerprint density at radius 2 is 2.17 bits per heavy atom. The van der Waals surface area contributed by atoms with E-state index < -0.39 is 0 Å². The van der Waals surface area contributed by atoms with E-state index in [1.807, 2.05) is 35.8 Å². The standard InChI is InChI=1S/C26H30ClN5OS2/c1-5-26(3,4)17-10-11-19-20(14-28)24(35-21(19)13-17)29-22(33)15-34-25-31-30-23(32(25)6-2)16-8-7-9-18(27)12-16/h7-9,12,17H,5-6,10-11,13,15H2,1-4H3,(H,29,33)/t17-/m1/s1. The summed E-state index contributed by atoms with van der Waals surface area (Å²) in [7, 11) is 0. The molecule has 1 amide bonds. The van der Waals surface area contributed by atoms with Gasteiger partial charge in [0.05, 0.1) is 11.3 Å². The second-order valence-electron chi connectivity index (χ2n) is 9.50. The molecule has 0 fully saturated rings. The molecule has 6 nitrogen and oxygen atoms in total. The second kappa shape index (κ2) is 10.7. The highest BCUT2D eigenvalue weighted by Crippen LogP contribution is 2.45. The Balaban J connectivity index is 1.45. The van der Waals surface area contributed by atoms with Crippen molar-refractivity contribution in [1.29, 1.82) is 5.26 Å². The molecule has 1 aliphatic carbocycles. The van der Waals surface area contributed by atoms with Gasteiger partial charge in [-0.2, -0.15) is 5.26 Å². The molecule has 184 valence electrons. The first kappa shape index (κ1) is 25.7. The van der Waals surface area contributed by atoms with Crippen LogP contribution < -0.4 is 5.32 Å². The summed E-state index contributed by atoms with van der Waals surface area (Å²) in [5.74, 6) is 1.36. The number of carbonyl (C=O) groups is 1. The Bertz CT molecular complexity index is 1270. The summed E-state index contributed by atoms with van der Waals surface area (Å²) < 4.78 is 1.98. The van der Waals surface area contributed by atoms with E-state index in [0.29, 0.717) is 33.2 Å². The van der Waals surface area contributed by atoms with E-state index in [9.17, 15) is 10.1 Å². The van der Waals surface area contributed by atoms with E-state index in [2.05, 4.69) is 42.4 Å². The molecule has 1 atom stereocenters. The number of nitrogens with one attached hydrogen (secondary N) is 1. The van der Waals surface area contributed by atoms with Crippen LogP contribution in [0.1, 0.15) is 56.5 Å². The largest absolute Gasteiger partial charge is 0.316 e. The van der Waals surface area contributed by atoms with Gasteiger partial charge in [-0.25, -0.2) is 0 Å². The lowest BCUT2D eigenvalue weighted by Gasteiger charge is -2.36. The van der Waals surface area contributed by atoms with Gasteiger partial charge in [-0.3, -0.25) is 4.79 Å². The van der Waals surface area contributed by atoms with Crippen LogP contribution in [0.15, 0.2) is 29.4 Å². The molecule has 3 aromatic rings. The Morgan fingerprint density at radius 1 is 1.37 bits per heavy atom. The zero-order valence-electron chi connectivity index (χ0n) is 20.5. The van der Waals surface area contributed by atoms with Gasteiger partial charge in [-0.15, -0.1) is 21.5 Å². The molecule has 0 saturated heterocycles. The number of anilines is 1. The SMILES string of the molecule is CCn1c(SCC(=O)Nc2sc3c(c2C#N)CC[C@@H](C(C)(C)CC)C3)nnc1-c1cccc(Cl)c1. The maximum Gasteiger partial charge on any atom is 0.235 e. The summed E-state index contributed by atoms with van der Waals surface area (Å²) in [4.78, 5) is 14.1. The molecule has 1 N–H and O–H groups in total. The van der Waals surface area contributed by atoms with Gasteiger partial charge in [-0.1, -0.05) is 62.7 Å². The molecule has 0 spiro atoms. The lowest BCUT2D eigenvalue weighted by atomic mass is 9.69. The maximum atomic E-state index is 12.8. The van der Waals surface area contributed by atoms with E-state index >= 15 is 0 Å². The van der Waals surface area contributed by atoms with Crippen LogP contribution in [0, 0.1) is 22.7 Å². The first-order valence-electron chi connectivity index (χ1n) is 11.9. The number of carbonyl (C=O) groups excluding carboxylic acids is 1. The van der Waals surface area contributed by atoms with Gasteiger partial charge in [0, 0.05) is 22.0 Å². The highest BCUT2D eigenvalue weighted by Gasteiger charge is 2.34. The van der Waals surface area contributed by atoms with Crippen LogP contribution in [0.2, 0.25) is 5.02 Å². The minimum absolute atomic E-state index is 0.148. The number of thiophene rings is 1. The van der Waals surface area contributed by atoms with Gasteiger partial charge in [-0.05, 0) is 55.2 Å². The van der Waals surface area contributed by atoms with Crippen LogP contribution in [0.25, 0.3) is 11.4 Å². The van der Waals surface area contributed by atoms with E-state index in [-0.39, 0.29) is 17.1 Å². The van der Waals surface area contributed by atoms with E-state index in [4.69, 9.17) is 11.6 Å². The van der Waals surface area contributed by atoms with E-state index in [0.717, 1.165) is 42.6 Å². The Morgan fingerprint density at radius 3 is 2.86 bits per heavy atom. The van der Waals surface area contributed by atoms with Crippen molar-refractivity contribution >= 4 is 45.6 Å². The third-order valence-electron chi connectivity index (χ3n) is 7.09. The van der Waals surface area contributed by atoms with Gasteiger partial charge >= 0.3 is 0 Å². The number of benzene rings is 1. The average molecular weight is 528 g/mol. The van der Waals surface area contributed by atoms with E-state index in [1.54, 1.807) is 11.3 Å². The van der Waals surface area contributed by atoms with Gasteiger partial charge in [0.1, 0.15) is 11.1 Å². The summed E-state index contributed by atoms with van der Waals surface area (Å²) in [5.41, 5.74) is 2.92. The molecule has 2 heterocycles. The molecule has 35 heavy (non-hydrogen) atoms. The average Bonchev–Trinajstić information content (AvgIpc) is 3.42. The van der Waals surface area contributed by atoms with Crippen molar-refractivity contribution in [1.82, 2.24) is 14.8 Å². The number of nitrogens with zero attached hydrogens (tertiary/aromatic N) is 4. The quantitative estimate of drug-likeness (QED) is 0.325. The minimum atomic E-state index is -0.148. The number of halogens is 1. The van der Waals surface area contributed by atoms with Crippen molar-refractivity contribution < 1.29 is 4.79 Å². The number of hydrogen-bond donors (Lipinski definition) is 1. The number of hydrogen-bond acceptors (Lipinski definition) is 6. The smallest absolute Gasteiger partial charge is 0.235 e. The second-order valence-corrected chi connectivity index (χ2v) is 12.0. The highest BCUT2D eigenvalue weighted by molar-refractivity contribution is 7.99. The summed E-state index contributed by atoms with van der Waals surface area (Å²) >= 11 is 9.05. The van der Waals surface area contributed by atoms with Gasteiger partial charge in [0.25, 0.3) is 0 Å². The fourth-order valence-electron chi connectivity index (χ4n) is 4.56. The number of amides is 1. The van der Waals surface area contributed by atoms with Gasteiger partial charge in [0.2, 0.25) is 5.91 Å². The molecule has 9 heteroatoms.